The van der Waals surface area contributed by atoms with Crippen molar-refractivity contribution in [3.05, 3.63) is 53.1 Å². The molecule has 102 valence electrons. The molecule has 1 aromatic carbocycles. The van der Waals surface area contributed by atoms with Crippen LogP contribution >= 0.6 is 0 Å². The summed E-state index contributed by atoms with van der Waals surface area (Å²) in [5.41, 5.74) is 2.60. The Morgan fingerprint density at radius 2 is 2.11 bits per heavy atom. The van der Waals surface area contributed by atoms with Crippen molar-refractivity contribution < 1.29 is 9.50 Å². The monoisotopic (exact) mass is 262 g/mol. The minimum Gasteiger partial charge on any atom is -0.388 e. The van der Waals surface area contributed by atoms with Crippen molar-refractivity contribution in [2.24, 2.45) is 0 Å². The van der Waals surface area contributed by atoms with Crippen LogP contribution in [-0.2, 0) is 6.42 Å². The fraction of sp³-hybridized carbons (Fsp3) is 0.400. The summed E-state index contributed by atoms with van der Waals surface area (Å²) in [7, 11) is 0. The number of nitrogens with zero attached hydrogens (tertiary/aromatic N) is 2. The number of aliphatic hydroxyl groups is 1. The van der Waals surface area contributed by atoms with Crippen molar-refractivity contribution in [3.63, 3.8) is 0 Å². The Labute approximate surface area is 112 Å². The molecule has 1 heterocycles. The molecule has 1 N–H and O–H groups in total. The van der Waals surface area contributed by atoms with Crippen LogP contribution in [0.25, 0.3) is 0 Å². The topological polar surface area (TPSA) is 38.1 Å². The zero-order valence-corrected chi connectivity index (χ0v) is 11.5. The third kappa shape index (κ3) is 3.20. The van der Waals surface area contributed by atoms with Crippen LogP contribution in [0.1, 0.15) is 42.7 Å². The van der Waals surface area contributed by atoms with Crippen molar-refractivity contribution in [1.29, 1.82) is 0 Å². The largest absolute Gasteiger partial charge is 0.388 e. The molecule has 1 aromatic heterocycles. The smallest absolute Gasteiger partial charge is 0.123 e. The van der Waals surface area contributed by atoms with Crippen LogP contribution in [0.2, 0.25) is 0 Å². The first-order valence-corrected chi connectivity index (χ1v) is 6.44. The van der Waals surface area contributed by atoms with Gasteiger partial charge in [0.05, 0.1) is 12.3 Å². The number of aromatic nitrogens is 2. The van der Waals surface area contributed by atoms with Gasteiger partial charge in [-0.2, -0.15) is 5.10 Å². The Morgan fingerprint density at radius 3 is 2.68 bits per heavy atom. The first-order chi connectivity index (χ1) is 8.97. The highest BCUT2D eigenvalue weighted by molar-refractivity contribution is 5.28. The van der Waals surface area contributed by atoms with E-state index in [0.29, 0.717) is 6.42 Å². The first-order valence-electron chi connectivity index (χ1n) is 6.44. The maximum absolute atomic E-state index is 13.0. The molecule has 0 radical (unpaired) electrons. The van der Waals surface area contributed by atoms with Gasteiger partial charge in [0.1, 0.15) is 5.82 Å². The summed E-state index contributed by atoms with van der Waals surface area (Å²) in [5.74, 6) is -0.247. The highest BCUT2D eigenvalue weighted by atomic mass is 19.1. The van der Waals surface area contributed by atoms with Crippen LogP contribution < -0.4 is 0 Å². The average Bonchev–Trinajstić information content (AvgIpc) is 2.82. The number of aliphatic hydroxyl groups excluding tert-OH is 1. The summed E-state index contributed by atoms with van der Waals surface area (Å²) in [5, 5.41) is 14.4. The lowest BCUT2D eigenvalue weighted by molar-refractivity contribution is 0.178. The van der Waals surface area contributed by atoms with E-state index in [1.807, 2.05) is 31.6 Å². The fourth-order valence-electron chi connectivity index (χ4n) is 2.02. The molecule has 0 fully saturated rings. The quantitative estimate of drug-likeness (QED) is 0.919. The van der Waals surface area contributed by atoms with Crippen LogP contribution in [0.3, 0.4) is 0 Å². The van der Waals surface area contributed by atoms with E-state index in [4.69, 9.17) is 0 Å². The fourth-order valence-corrected chi connectivity index (χ4v) is 2.02. The lowest BCUT2D eigenvalue weighted by Crippen LogP contribution is -2.03. The Balaban J connectivity index is 2.13. The molecule has 2 rings (SSSR count). The molecule has 2 aromatic rings. The zero-order chi connectivity index (χ0) is 14.0. The van der Waals surface area contributed by atoms with Gasteiger partial charge in [0, 0.05) is 24.2 Å². The molecule has 0 aliphatic rings. The number of rotatable bonds is 4. The number of hydrogen-bond donors (Lipinski definition) is 1. The van der Waals surface area contributed by atoms with E-state index in [-0.39, 0.29) is 11.9 Å². The predicted octanol–water partition coefficient (Wildman–Crippen LogP) is 3.19. The van der Waals surface area contributed by atoms with Crippen molar-refractivity contribution in [2.45, 2.75) is 39.3 Å². The van der Waals surface area contributed by atoms with Crippen molar-refractivity contribution in [1.82, 2.24) is 9.78 Å². The van der Waals surface area contributed by atoms with E-state index in [9.17, 15) is 9.50 Å². The molecule has 0 aliphatic carbocycles. The second kappa shape index (κ2) is 5.53. The van der Waals surface area contributed by atoms with E-state index < -0.39 is 6.10 Å². The molecule has 1 unspecified atom stereocenters. The molecule has 3 nitrogen and oxygen atoms in total. The maximum atomic E-state index is 13.0. The summed E-state index contributed by atoms with van der Waals surface area (Å²) in [4.78, 5) is 0. The van der Waals surface area contributed by atoms with Crippen LogP contribution in [0, 0.1) is 12.7 Å². The molecule has 0 bridgehead atoms. The summed E-state index contributed by atoms with van der Waals surface area (Å²) >= 11 is 0. The van der Waals surface area contributed by atoms with Gasteiger partial charge in [-0.1, -0.05) is 6.07 Å². The normalized spacial score (nSPS) is 12.9. The van der Waals surface area contributed by atoms with Crippen LogP contribution in [0.5, 0.6) is 0 Å². The van der Waals surface area contributed by atoms with Gasteiger partial charge in [-0.25, -0.2) is 4.39 Å². The van der Waals surface area contributed by atoms with E-state index in [1.165, 1.54) is 12.1 Å². The van der Waals surface area contributed by atoms with Crippen LogP contribution in [-0.4, -0.2) is 14.9 Å². The number of aryl methyl sites for hydroxylation is 1. The number of halogens is 1. The van der Waals surface area contributed by atoms with Crippen LogP contribution in [0.4, 0.5) is 4.39 Å². The third-order valence-electron chi connectivity index (χ3n) is 3.25. The Bertz CT molecular complexity index is 563. The predicted molar refractivity (Wildman–Crippen MR) is 72.4 cm³/mol. The number of benzene rings is 1. The highest BCUT2D eigenvalue weighted by Gasteiger charge is 2.13. The van der Waals surface area contributed by atoms with Gasteiger partial charge in [0.15, 0.2) is 0 Å². The van der Waals surface area contributed by atoms with Gasteiger partial charge in [0.25, 0.3) is 0 Å². The standard InChI is InChI=1S/C15H19FN2O/c1-10(2)18-9-13(8-17-18)15(19)7-12-4-5-14(16)6-11(12)3/h4-6,8-10,15,19H,7H2,1-3H3. The third-order valence-corrected chi connectivity index (χ3v) is 3.25. The maximum Gasteiger partial charge on any atom is 0.123 e. The lowest BCUT2D eigenvalue weighted by atomic mass is 10.00. The van der Waals surface area contributed by atoms with Gasteiger partial charge in [0.2, 0.25) is 0 Å². The SMILES string of the molecule is Cc1cc(F)ccc1CC(O)c1cnn(C(C)C)c1. The minimum absolute atomic E-state index is 0.247. The molecular weight excluding hydrogens is 243 g/mol. The van der Waals surface area contributed by atoms with E-state index in [2.05, 4.69) is 5.10 Å². The second-order valence-corrected chi connectivity index (χ2v) is 5.14. The molecule has 1 atom stereocenters. The molecule has 0 amide bonds. The summed E-state index contributed by atoms with van der Waals surface area (Å²) in [6.07, 6.45) is 3.39. The minimum atomic E-state index is -0.614. The Kier molecular flexibility index (Phi) is 4.00. The van der Waals surface area contributed by atoms with Gasteiger partial charge < -0.3 is 5.11 Å². The number of hydrogen-bond acceptors (Lipinski definition) is 2. The van der Waals surface area contributed by atoms with Crippen molar-refractivity contribution in [3.8, 4) is 0 Å². The molecule has 0 aliphatic heterocycles. The Morgan fingerprint density at radius 1 is 1.37 bits per heavy atom. The molecule has 0 spiro atoms. The molecule has 19 heavy (non-hydrogen) atoms. The summed E-state index contributed by atoms with van der Waals surface area (Å²) < 4.78 is 14.8. The zero-order valence-electron chi connectivity index (χ0n) is 11.5. The second-order valence-electron chi connectivity index (χ2n) is 5.14. The summed E-state index contributed by atoms with van der Waals surface area (Å²) in [6.45, 7) is 5.92. The molecule has 4 heteroatoms. The molecule has 0 saturated carbocycles. The van der Waals surface area contributed by atoms with E-state index in [0.717, 1.165) is 16.7 Å². The van der Waals surface area contributed by atoms with Crippen molar-refractivity contribution >= 4 is 0 Å². The summed E-state index contributed by atoms with van der Waals surface area (Å²) in [6, 6.07) is 4.90. The molecular formula is C15H19FN2O. The first kappa shape index (κ1) is 13.7. The highest BCUT2D eigenvalue weighted by Crippen LogP contribution is 2.21. The lowest BCUT2D eigenvalue weighted by Gasteiger charge is -2.11. The van der Waals surface area contributed by atoms with Gasteiger partial charge in [-0.3, -0.25) is 4.68 Å². The van der Waals surface area contributed by atoms with Crippen molar-refractivity contribution in [2.75, 3.05) is 0 Å². The van der Waals surface area contributed by atoms with Gasteiger partial charge in [-0.15, -0.1) is 0 Å². The molecule has 0 saturated heterocycles. The average molecular weight is 262 g/mol. The Hall–Kier alpha value is -1.68. The van der Waals surface area contributed by atoms with E-state index >= 15 is 0 Å². The van der Waals surface area contributed by atoms with Gasteiger partial charge >= 0.3 is 0 Å². The van der Waals surface area contributed by atoms with E-state index in [1.54, 1.807) is 12.3 Å². The van der Waals surface area contributed by atoms with Gasteiger partial charge in [-0.05, 0) is 44.0 Å². The van der Waals surface area contributed by atoms with Crippen LogP contribution in [0.15, 0.2) is 30.6 Å².